The summed E-state index contributed by atoms with van der Waals surface area (Å²) in [6.07, 6.45) is 5.87. The molecule has 1 heterocycles. The van der Waals surface area contributed by atoms with Crippen molar-refractivity contribution in [1.82, 2.24) is 4.90 Å². The number of halogens is 1. The molecule has 1 saturated heterocycles. The normalized spacial score (nSPS) is 27.6. The van der Waals surface area contributed by atoms with Crippen LogP contribution in [0.1, 0.15) is 29.9 Å². The van der Waals surface area contributed by atoms with E-state index >= 15 is 0 Å². The van der Waals surface area contributed by atoms with Crippen molar-refractivity contribution in [2.24, 2.45) is 0 Å². The molecule has 1 aromatic carbocycles. The molecule has 0 spiro atoms. The van der Waals surface area contributed by atoms with Gasteiger partial charge >= 0.3 is 0 Å². The molecule has 0 aromatic heterocycles. The van der Waals surface area contributed by atoms with Crippen LogP contribution in [-0.2, 0) is 6.42 Å². The lowest BCUT2D eigenvalue weighted by atomic mass is 9.79. The molecule has 1 aromatic rings. The molecule has 2 heteroatoms. The van der Waals surface area contributed by atoms with E-state index in [0.717, 1.165) is 18.5 Å². The van der Waals surface area contributed by atoms with Crippen LogP contribution < -0.4 is 0 Å². The minimum absolute atomic E-state index is 0.731. The molecule has 17 heavy (non-hydrogen) atoms. The fraction of sp³-hybridized carbons (Fsp3) is 0.467. The Kier molecular flexibility index (Phi) is 3.10. The predicted molar refractivity (Wildman–Crippen MR) is 75.4 cm³/mol. The standard InChI is InChI=1S/C15H18BrN/c1-2-9-17-10-8-12-14(17)7-6-11-4-3-5-13(16)15(11)12/h2-5,12,14H,1,6-10H2/t12-,14-/m1/s1. The number of hydrogen-bond donors (Lipinski definition) is 0. The quantitative estimate of drug-likeness (QED) is 0.751. The zero-order valence-electron chi connectivity index (χ0n) is 10.0. The number of fused-ring (bicyclic) bond motifs is 3. The number of rotatable bonds is 2. The highest BCUT2D eigenvalue weighted by Gasteiger charge is 2.38. The van der Waals surface area contributed by atoms with E-state index in [1.54, 1.807) is 11.1 Å². The molecule has 2 atom stereocenters. The molecule has 2 aliphatic rings. The fourth-order valence-electron chi connectivity index (χ4n) is 3.55. The number of nitrogens with zero attached hydrogens (tertiary/aromatic N) is 1. The van der Waals surface area contributed by atoms with Gasteiger partial charge in [0.2, 0.25) is 0 Å². The van der Waals surface area contributed by atoms with Gasteiger partial charge in [0.1, 0.15) is 0 Å². The highest BCUT2D eigenvalue weighted by Crippen LogP contribution is 2.44. The van der Waals surface area contributed by atoms with Crippen molar-refractivity contribution in [3.8, 4) is 0 Å². The summed E-state index contributed by atoms with van der Waals surface area (Å²) >= 11 is 3.74. The van der Waals surface area contributed by atoms with Crippen LogP contribution in [0.3, 0.4) is 0 Å². The smallest absolute Gasteiger partial charge is 0.0213 e. The molecule has 0 amide bonds. The van der Waals surface area contributed by atoms with Gasteiger partial charge in [0.25, 0.3) is 0 Å². The second kappa shape index (κ2) is 4.58. The Morgan fingerprint density at radius 1 is 1.41 bits per heavy atom. The number of benzene rings is 1. The second-order valence-corrected chi connectivity index (χ2v) is 5.95. The Bertz CT molecular complexity index is 441. The van der Waals surface area contributed by atoms with Crippen molar-refractivity contribution >= 4 is 15.9 Å². The Hall–Kier alpha value is -0.600. The minimum Gasteiger partial charge on any atom is -0.296 e. The van der Waals surface area contributed by atoms with E-state index in [9.17, 15) is 0 Å². The molecular formula is C15H18BrN. The van der Waals surface area contributed by atoms with Crippen molar-refractivity contribution in [3.63, 3.8) is 0 Å². The summed E-state index contributed by atoms with van der Waals surface area (Å²) < 4.78 is 1.31. The molecule has 3 rings (SSSR count). The molecule has 0 N–H and O–H groups in total. The van der Waals surface area contributed by atoms with E-state index < -0.39 is 0 Å². The minimum atomic E-state index is 0.731. The van der Waals surface area contributed by atoms with E-state index in [0.29, 0.717) is 0 Å². The molecular weight excluding hydrogens is 274 g/mol. The van der Waals surface area contributed by atoms with Crippen LogP contribution in [0.15, 0.2) is 35.3 Å². The first-order chi connectivity index (χ1) is 8.31. The third-order valence-corrected chi connectivity index (χ3v) is 4.94. The lowest BCUT2D eigenvalue weighted by molar-refractivity contribution is 0.249. The van der Waals surface area contributed by atoms with Crippen LogP contribution in [0, 0.1) is 0 Å². The van der Waals surface area contributed by atoms with E-state index in [1.165, 1.54) is 30.3 Å². The summed E-state index contributed by atoms with van der Waals surface area (Å²) in [5, 5.41) is 0. The van der Waals surface area contributed by atoms with Crippen molar-refractivity contribution in [2.45, 2.75) is 31.2 Å². The van der Waals surface area contributed by atoms with Crippen molar-refractivity contribution < 1.29 is 0 Å². The predicted octanol–water partition coefficient (Wildman–Crippen LogP) is 3.74. The van der Waals surface area contributed by atoms with Gasteiger partial charge in [-0.2, -0.15) is 0 Å². The van der Waals surface area contributed by atoms with Crippen LogP contribution in [0.25, 0.3) is 0 Å². The van der Waals surface area contributed by atoms with Gasteiger partial charge in [-0.15, -0.1) is 6.58 Å². The van der Waals surface area contributed by atoms with Gasteiger partial charge in [-0.05, 0) is 43.0 Å². The van der Waals surface area contributed by atoms with E-state index in [4.69, 9.17) is 0 Å². The van der Waals surface area contributed by atoms with Gasteiger partial charge in [-0.3, -0.25) is 4.90 Å². The number of hydrogen-bond acceptors (Lipinski definition) is 1. The van der Waals surface area contributed by atoms with Gasteiger partial charge in [-0.25, -0.2) is 0 Å². The van der Waals surface area contributed by atoms with Crippen molar-refractivity contribution in [2.75, 3.05) is 13.1 Å². The number of aryl methyl sites for hydroxylation is 1. The monoisotopic (exact) mass is 291 g/mol. The lowest BCUT2D eigenvalue weighted by Crippen LogP contribution is -2.35. The van der Waals surface area contributed by atoms with Gasteiger partial charge in [0, 0.05) is 23.0 Å². The first-order valence-corrected chi connectivity index (χ1v) is 7.23. The summed E-state index contributed by atoms with van der Waals surface area (Å²) in [6, 6.07) is 7.39. The van der Waals surface area contributed by atoms with Crippen molar-refractivity contribution in [1.29, 1.82) is 0 Å². The SMILES string of the molecule is C=CCN1CC[C@H]2c3c(Br)cccc3CC[C@H]21. The highest BCUT2D eigenvalue weighted by molar-refractivity contribution is 9.10. The maximum absolute atomic E-state index is 3.87. The Labute approximate surface area is 112 Å². The fourth-order valence-corrected chi connectivity index (χ4v) is 4.25. The topological polar surface area (TPSA) is 3.24 Å². The third kappa shape index (κ3) is 1.88. The van der Waals surface area contributed by atoms with Gasteiger partial charge in [0.05, 0.1) is 0 Å². The molecule has 1 fully saturated rings. The van der Waals surface area contributed by atoms with Crippen LogP contribution in [-0.4, -0.2) is 24.0 Å². The third-order valence-electron chi connectivity index (χ3n) is 4.25. The van der Waals surface area contributed by atoms with Crippen LogP contribution >= 0.6 is 15.9 Å². The lowest BCUT2D eigenvalue weighted by Gasteiger charge is -2.33. The van der Waals surface area contributed by atoms with Crippen LogP contribution in [0.5, 0.6) is 0 Å². The molecule has 1 nitrogen and oxygen atoms in total. The largest absolute Gasteiger partial charge is 0.296 e. The average Bonchev–Trinajstić information content (AvgIpc) is 2.73. The molecule has 0 bridgehead atoms. The zero-order chi connectivity index (χ0) is 11.8. The summed E-state index contributed by atoms with van der Waals surface area (Å²) in [5.74, 6) is 0.731. The molecule has 0 radical (unpaired) electrons. The Morgan fingerprint density at radius 2 is 2.29 bits per heavy atom. The molecule has 0 saturated carbocycles. The van der Waals surface area contributed by atoms with Gasteiger partial charge in [-0.1, -0.05) is 34.1 Å². The molecule has 0 unspecified atom stereocenters. The first-order valence-electron chi connectivity index (χ1n) is 6.43. The highest BCUT2D eigenvalue weighted by atomic mass is 79.9. The first kappa shape index (κ1) is 11.5. The Morgan fingerprint density at radius 3 is 3.12 bits per heavy atom. The maximum Gasteiger partial charge on any atom is 0.0213 e. The summed E-state index contributed by atoms with van der Waals surface area (Å²) in [6.45, 7) is 6.14. The number of likely N-dealkylation sites (tertiary alicyclic amines) is 1. The molecule has 90 valence electrons. The summed E-state index contributed by atoms with van der Waals surface area (Å²) in [5.41, 5.74) is 3.14. The van der Waals surface area contributed by atoms with Crippen LogP contribution in [0.4, 0.5) is 0 Å². The molecule has 1 aliphatic heterocycles. The zero-order valence-corrected chi connectivity index (χ0v) is 11.6. The van der Waals surface area contributed by atoms with E-state index in [-0.39, 0.29) is 0 Å². The molecule has 1 aliphatic carbocycles. The van der Waals surface area contributed by atoms with Gasteiger partial charge in [0.15, 0.2) is 0 Å². The summed E-state index contributed by atoms with van der Waals surface area (Å²) in [4.78, 5) is 2.60. The Balaban J connectivity index is 1.96. The van der Waals surface area contributed by atoms with E-state index in [1.807, 2.05) is 6.08 Å². The van der Waals surface area contributed by atoms with Gasteiger partial charge < -0.3 is 0 Å². The second-order valence-electron chi connectivity index (χ2n) is 5.10. The van der Waals surface area contributed by atoms with Crippen LogP contribution in [0.2, 0.25) is 0 Å². The maximum atomic E-state index is 3.87. The van der Waals surface area contributed by atoms with Crippen molar-refractivity contribution in [3.05, 3.63) is 46.5 Å². The summed E-state index contributed by atoms with van der Waals surface area (Å²) in [7, 11) is 0. The average molecular weight is 292 g/mol. The van der Waals surface area contributed by atoms with E-state index in [2.05, 4.69) is 45.6 Å².